The van der Waals surface area contributed by atoms with Gasteiger partial charge in [-0.1, -0.05) is 43.7 Å². The monoisotopic (exact) mass is 402 g/mol. The fraction of sp³-hybridized carbons (Fsp3) is 0.667. The molecule has 0 saturated heterocycles. The second kappa shape index (κ2) is 11.3. The van der Waals surface area contributed by atoms with E-state index in [-0.39, 0.29) is 6.61 Å². The molecule has 0 radical (unpaired) electrons. The molecule has 0 bridgehead atoms. The molecule has 0 fully saturated rings. The molecule has 0 aliphatic carbocycles. The highest BCUT2D eigenvalue weighted by atomic mass is 28.5. The van der Waals surface area contributed by atoms with Crippen molar-refractivity contribution >= 4 is 22.3 Å². The highest BCUT2D eigenvalue weighted by molar-refractivity contribution is 6.87. The zero-order valence-corrected chi connectivity index (χ0v) is 18.4. The van der Waals surface area contributed by atoms with E-state index in [0.29, 0.717) is 19.1 Å². The van der Waals surface area contributed by atoms with Gasteiger partial charge in [0, 0.05) is 13.7 Å². The number of hydrogen-bond acceptors (Lipinski definition) is 6. The SMILES string of the molecule is CCC[Si](CCCOCC(O)C(C)O)(OC)O[Si](C)(O)c1ccccc1. The average Bonchev–Trinajstić information content (AvgIpc) is 2.61. The fourth-order valence-corrected chi connectivity index (χ4v) is 10.2. The minimum atomic E-state index is -3.05. The standard InChI is InChI=1S/C18H34O6Si2/c1-5-13-26(22-3,14-9-12-23-15-18(20)16(2)19)24-25(4,21)17-10-7-6-8-11-17/h6-8,10-11,16,18-21H,5,9,12-15H2,1-4H3. The van der Waals surface area contributed by atoms with Gasteiger partial charge in [-0.05, 0) is 37.2 Å². The maximum Gasteiger partial charge on any atom is 0.357 e. The smallest absolute Gasteiger partial charge is 0.357 e. The molecule has 8 heteroatoms. The zero-order chi connectivity index (χ0) is 19.6. The van der Waals surface area contributed by atoms with Gasteiger partial charge in [-0.15, -0.1) is 0 Å². The molecule has 0 heterocycles. The molecule has 0 aliphatic heterocycles. The first-order chi connectivity index (χ1) is 12.3. The van der Waals surface area contributed by atoms with Gasteiger partial charge in [-0.2, -0.15) is 0 Å². The third-order valence-electron chi connectivity index (χ3n) is 4.39. The number of rotatable bonds is 13. The van der Waals surface area contributed by atoms with E-state index in [1.54, 1.807) is 13.7 Å². The average molecular weight is 403 g/mol. The molecule has 6 nitrogen and oxygen atoms in total. The second-order valence-electron chi connectivity index (χ2n) is 6.80. The Bertz CT molecular complexity index is 500. The van der Waals surface area contributed by atoms with E-state index >= 15 is 0 Å². The van der Waals surface area contributed by atoms with Crippen LogP contribution in [0.1, 0.15) is 26.7 Å². The quantitative estimate of drug-likeness (QED) is 0.343. The second-order valence-corrected chi connectivity index (χ2v) is 13.4. The van der Waals surface area contributed by atoms with E-state index in [4.69, 9.17) is 13.3 Å². The van der Waals surface area contributed by atoms with Crippen molar-refractivity contribution in [3.8, 4) is 0 Å². The van der Waals surface area contributed by atoms with E-state index in [9.17, 15) is 15.0 Å². The van der Waals surface area contributed by atoms with Crippen LogP contribution in [-0.4, -0.2) is 64.7 Å². The van der Waals surface area contributed by atoms with Crippen molar-refractivity contribution in [1.29, 1.82) is 0 Å². The summed E-state index contributed by atoms with van der Waals surface area (Å²) >= 11 is 0. The van der Waals surface area contributed by atoms with Crippen molar-refractivity contribution < 1.29 is 28.3 Å². The van der Waals surface area contributed by atoms with Gasteiger partial charge in [0.1, 0.15) is 6.10 Å². The third kappa shape index (κ3) is 7.57. The van der Waals surface area contributed by atoms with Crippen LogP contribution in [0.2, 0.25) is 18.6 Å². The van der Waals surface area contributed by atoms with Gasteiger partial charge < -0.3 is 28.3 Å². The van der Waals surface area contributed by atoms with Gasteiger partial charge in [0.05, 0.1) is 12.7 Å². The first kappa shape index (κ1) is 23.5. The predicted molar refractivity (Wildman–Crippen MR) is 107 cm³/mol. The van der Waals surface area contributed by atoms with E-state index in [0.717, 1.165) is 17.7 Å². The number of ether oxygens (including phenoxy) is 1. The maximum absolute atomic E-state index is 11.0. The van der Waals surface area contributed by atoms with Gasteiger partial charge in [-0.3, -0.25) is 0 Å². The van der Waals surface area contributed by atoms with Crippen LogP contribution in [-0.2, 0) is 13.3 Å². The molecule has 0 aliphatic rings. The summed E-state index contributed by atoms with van der Waals surface area (Å²) in [4.78, 5) is 11.0. The molecular formula is C18H34O6Si2. The number of aliphatic hydroxyl groups excluding tert-OH is 2. The summed E-state index contributed by atoms with van der Waals surface area (Å²) < 4.78 is 17.6. The van der Waals surface area contributed by atoms with Crippen molar-refractivity contribution in [2.75, 3.05) is 20.3 Å². The van der Waals surface area contributed by atoms with Crippen molar-refractivity contribution in [2.24, 2.45) is 0 Å². The topological polar surface area (TPSA) is 88.4 Å². The Kier molecular flexibility index (Phi) is 10.2. The van der Waals surface area contributed by atoms with Gasteiger partial charge >= 0.3 is 17.1 Å². The Morgan fingerprint density at radius 3 is 2.31 bits per heavy atom. The number of hydrogen-bond donors (Lipinski definition) is 3. The molecule has 1 aromatic carbocycles. The van der Waals surface area contributed by atoms with Crippen LogP contribution < -0.4 is 5.19 Å². The summed E-state index contributed by atoms with van der Waals surface area (Å²) in [7, 11) is -3.96. The van der Waals surface area contributed by atoms with Crippen molar-refractivity contribution in [3.63, 3.8) is 0 Å². The maximum atomic E-state index is 11.0. The van der Waals surface area contributed by atoms with Gasteiger partial charge in [0.2, 0.25) is 0 Å². The molecule has 150 valence electrons. The lowest BCUT2D eigenvalue weighted by atomic mass is 10.2. The molecule has 1 rings (SSSR count). The summed E-state index contributed by atoms with van der Waals surface area (Å²) in [6.45, 7) is 5.95. The molecule has 26 heavy (non-hydrogen) atoms. The number of aliphatic hydroxyl groups is 2. The Balaban J connectivity index is 2.66. The Labute approximate surface area is 159 Å². The van der Waals surface area contributed by atoms with E-state index in [1.165, 1.54) is 6.92 Å². The first-order valence-electron chi connectivity index (χ1n) is 9.23. The highest BCUT2D eigenvalue weighted by Gasteiger charge is 2.44. The summed E-state index contributed by atoms with van der Waals surface area (Å²) in [6, 6.07) is 11.0. The lowest BCUT2D eigenvalue weighted by Crippen LogP contribution is -2.58. The summed E-state index contributed by atoms with van der Waals surface area (Å²) in [6.07, 6.45) is -0.0531. The third-order valence-corrected chi connectivity index (χ3v) is 12.0. The van der Waals surface area contributed by atoms with Crippen LogP contribution in [0.5, 0.6) is 0 Å². The van der Waals surface area contributed by atoms with Crippen LogP contribution in [0.4, 0.5) is 0 Å². The van der Waals surface area contributed by atoms with Crippen molar-refractivity contribution in [3.05, 3.63) is 30.3 Å². The lowest BCUT2D eigenvalue weighted by molar-refractivity contribution is -0.0303. The molecule has 0 saturated carbocycles. The van der Waals surface area contributed by atoms with Crippen molar-refractivity contribution in [2.45, 2.75) is 57.5 Å². The fourth-order valence-electron chi connectivity index (χ4n) is 2.81. The Morgan fingerprint density at radius 2 is 1.77 bits per heavy atom. The predicted octanol–water partition coefficient (Wildman–Crippen LogP) is 1.62. The lowest BCUT2D eigenvalue weighted by Gasteiger charge is -2.35. The van der Waals surface area contributed by atoms with Gasteiger partial charge in [-0.25, -0.2) is 0 Å². The molecule has 4 atom stereocenters. The summed E-state index contributed by atoms with van der Waals surface area (Å²) in [5.41, 5.74) is 0. The molecule has 0 aromatic heterocycles. The molecule has 0 amide bonds. The molecule has 4 unspecified atom stereocenters. The largest absolute Gasteiger partial charge is 0.411 e. The molecular weight excluding hydrogens is 368 g/mol. The van der Waals surface area contributed by atoms with E-state index < -0.39 is 29.3 Å². The van der Waals surface area contributed by atoms with Gasteiger partial charge in [0.25, 0.3) is 0 Å². The normalized spacial score (nSPS) is 18.7. The highest BCUT2D eigenvalue weighted by Crippen LogP contribution is 2.25. The molecule has 1 aromatic rings. The minimum Gasteiger partial charge on any atom is -0.411 e. The zero-order valence-electron chi connectivity index (χ0n) is 16.4. The van der Waals surface area contributed by atoms with Crippen LogP contribution >= 0.6 is 0 Å². The molecule has 3 N–H and O–H groups in total. The number of benzene rings is 1. The van der Waals surface area contributed by atoms with Crippen LogP contribution in [0, 0.1) is 0 Å². The summed E-state index contributed by atoms with van der Waals surface area (Å²) in [5.74, 6) is 0. The van der Waals surface area contributed by atoms with Crippen LogP contribution in [0.25, 0.3) is 0 Å². The van der Waals surface area contributed by atoms with E-state index in [2.05, 4.69) is 6.92 Å². The van der Waals surface area contributed by atoms with E-state index in [1.807, 2.05) is 30.3 Å². The Morgan fingerprint density at radius 1 is 1.12 bits per heavy atom. The first-order valence-corrected chi connectivity index (χ1v) is 13.8. The Hall–Kier alpha value is -0.586. The van der Waals surface area contributed by atoms with Crippen LogP contribution in [0.15, 0.2) is 30.3 Å². The molecule has 0 spiro atoms. The van der Waals surface area contributed by atoms with Gasteiger partial charge in [0.15, 0.2) is 0 Å². The van der Waals surface area contributed by atoms with Crippen molar-refractivity contribution in [1.82, 2.24) is 0 Å². The summed E-state index contributed by atoms with van der Waals surface area (Å²) in [5, 5.41) is 19.7. The van der Waals surface area contributed by atoms with Crippen LogP contribution in [0.3, 0.4) is 0 Å². The minimum absolute atomic E-state index is 0.102.